The van der Waals surface area contributed by atoms with Crippen LogP contribution in [0, 0.1) is 0 Å². The first-order valence-corrected chi connectivity index (χ1v) is 10.3. The summed E-state index contributed by atoms with van der Waals surface area (Å²) in [5, 5.41) is 3.42. The Morgan fingerprint density at radius 2 is 1.72 bits per heavy atom. The molecule has 2 fully saturated rings. The van der Waals surface area contributed by atoms with Crippen LogP contribution in [0.4, 0.5) is 0 Å². The van der Waals surface area contributed by atoms with Gasteiger partial charge in [0.25, 0.3) is 0 Å². The highest BCUT2D eigenvalue weighted by Crippen LogP contribution is 2.11. The second-order valence-electron chi connectivity index (χ2n) is 7.52. The number of rotatable bonds is 6. The van der Waals surface area contributed by atoms with E-state index in [9.17, 15) is 4.79 Å². The van der Waals surface area contributed by atoms with Gasteiger partial charge in [-0.1, -0.05) is 18.2 Å². The lowest BCUT2D eigenvalue weighted by molar-refractivity contribution is -0.131. The number of guanidine groups is 1. The first-order chi connectivity index (χ1) is 13.7. The lowest BCUT2D eigenvalue weighted by Crippen LogP contribution is -2.54. The molecule has 7 nitrogen and oxygen atoms in total. The minimum absolute atomic E-state index is 0. The highest BCUT2D eigenvalue weighted by molar-refractivity contribution is 14.0. The number of halogens is 1. The fraction of sp³-hybridized carbons (Fsp3) is 0.619. The summed E-state index contributed by atoms with van der Waals surface area (Å²) < 4.78 is 5.92. The Kier molecular flexibility index (Phi) is 9.99. The summed E-state index contributed by atoms with van der Waals surface area (Å²) in [6.45, 7) is 8.66. The number of piperazine rings is 1. The van der Waals surface area contributed by atoms with Crippen LogP contribution in [0.1, 0.15) is 19.8 Å². The molecule has 1 N–H and O–H groups in total. The van der Waals surface area contributed by atoms with Crippen molar-refractivity contribution in [2.45, 2.75) is 25.9 Å². The minimum atomic E-state index is 0. The molecule has 0 aliphatic carbocycles. The number of hydrogen-bond donors (Lipinski definition) is 1. The molecular weight excluding hydrogens is 481 g/mol. The maximum Gasteiger partial charge on any atom is 0.236 e. The molecule has 0 radical (unpaired) electrons. The quantitative estimate of drug-likeness (QED) is 0.357. The number of nitrogens with one attached hydrogen (secondary N) is 1. The van der Waals surface area contributed by atoms with Crippen molar-refractivity contribution in [3.63, 3.8) is 0 Å². The van der Waals surface area contributed by atoms with E-state index < -0.39 is 0 Å². The third kappa shape index (κ3) is 7.33. The van der Waals surface area contributed by atoms with Crippen LogP contribution in [-0.4, -0.2) is 92.1 Å². The van der Waals surface area contributed by atoms with Crippen LogP contribution in [0.15, 0.2) is 35.3 Å². The van der Waals surface area contributed by atoms with Crippen molar-refractivity contribution in [2.24, 2.45) is 4.99 Å². The third-order valence-corrected chi connectivity index (χ3v) is 5.33. The van der Waals surface area contributed by atoms with Gasteiger partial charge in [-0.05, 0) is 31.9 Å². The summed E-state index contributed by atoms with van der Waals surface area (Å²) in [6, 6.07) is 9.86. The molecular formula is C21H34IN5O2. The Bertz CT molecular complexity index is 644. The van der Waals surface area contributed by atoms with Gasteiger partial charge in [0.1, 0.15) is 11.9 Å². The normalized spacial score (nSPS) is 18.9. The molecule has 0 saturated carbocycles. The Hall–Kier alpha value is -1.55. The van der Waals surface area contributed by atoms with Crippen LogP contribution >= 0.6 is 24.0 Å². The number of aliphatic imine (C=N–C) groups is 1. The largest absolute Gasteiger partial charge is 0.489 e. The molecule has 2 heterocycles. The number of ether oxygens (including phenoxy) is 1. The maximum absolute atomic E-state index is 12.3. The SMILES string of the molecule is CN=C(NCC(C)Oc1ccccc1)N1CCN(CC(=O)N2CCCC2)CC1.I. The van der Waals surface area contributed by atoms with Gasteiger partial charge in [-0.15, -0.1) is 24.0 Å². The van der Waals surface area contributed by atoms with E-state index in [4.69, 9.17) is 4.74 Å². The molecule has 1 atom stereocenters. The van der Waals surface area contributed by atoms with Gasteiger partial charge in [0.2, 0.25) is 5.91 Å². The summed E-state index contributed by atoms with van der Waals surface area (Å²) in [5.41, 5.74) is 0. The van der Waals surface area contributed by atoms with Crippen LogP contribution in [-0.2, 0) is 4.79 Å². The lowest BCUT2D eigenvalue weighted by Gasteiger charge is -2.36. The van der Waals surface area contributed by atoms with Crippen LogP contribution in [0.25, 0.3) is 0 Å². The van der Waals surface area contributed by atoms with Crippen molar-refractivity contribution in [3.05, 3.63) is 30.3 Å². The Morgan fingerprint density at radius 3 is 2.34 bits per heavy atom. The zero-order valence-corrected chi connectivity index (χ0v) is 19.9. The predicted octanol–water partition coefficient (Wildman–Crippen LogP) is 1.89. The van der Waals surface area contributed by atoms with E-state index in [-0.39, 0.29) is 36.0 Å². The molecule has 162 valence electrons. The van der Waals surface area contributed by atoms with Crippen LogP contribution in [0.2, 0.25) is 0 Å². The van der Waals surface area contributed by atoms with E-state index in [2.05, 4.69) is 27.0 Å². The van der Waals surface area contributed by atoms with Crippen molar-refractivity contribution in [1.82, 2.24) is 20.0 Å². The highest BCUT2D eigenvalue weighted by atomic mass is 127. The number of benzene rings is 1. The van der Waals surface area contributed by atoms with Gasteiger partial charge in [-0.25, -0.2) is 0 Å². The van der Waals surface area contributed by atoms with Gasteiger partial charge >= 0.3 is 0 Å². The smallest absolute Gasteiger partial charge is 0.236 e. The molecule has 2 aliphatic rings. The number of nitrogens with zero attached hydrogens (tertiary/aromatic N) is 4. The molecule has 0 bridgehead atoms. The third-order valence-electron chi connectivity index (χ3n) is 5.33. The summed E-state index contributed by atoms with van der Waals surface area (Å²) in [6.07, 6.45) is 2.33. The first kappa shape index (κ1) is 23.7. The molecule has 1 unspecified atom stereocenters. The number of carbonyl (C=O) groups excluding carboxylic acids is 1. The summed E-state index contributed by atoms with van der Waals surface area (Å²) in [5.74, 6) is 2.05. The maximum atomic E-state index is 12.3. The number of hydrogen-bond acceptors (Lipinski definition) is 4. The van der Waals surface area contributed by atoms with Gasteiger partial charge in [-0.3, -0.25) is 14.7 Å². The van der Waals surface area contributed by atoms with Crippen LogP contribution < -0.4 is 10.1 Å². The molecule has 8 heteroatoms. The zero-order chi connectivity index (χ0) is 19.8. The monoisotopic (exact) mass is 515 g/mol. The first-order valence-electron chi connectivity index (χ1n) is 10.3. The summed E-state index contributed by atoms with van der Waals surface area (Å²) in [4.78, 5) is 23.3. The van der Waals surface area contributed by atoms with E-state index in [0.29, 0.717) is 13.1 Å². The van der Waals surface area contributed by atoms with Crippen molar-refractivity contribution >= 4 is 35.8 Å². The van der Waals surface area contributed by atoms with Gasteiger partial charge in [0, 0.05) is 46.3 Å². The molecule has 29 heavy (non-hydrogen) atoms. The van der Waals surface area contributed by atoms with Gasteiger partial charge in [0.15, 0.2) is 5.96 Å². The summed E-state index contributed by atoms with van der Waals surface area (Å²) >= 11 is 0. The molecule has 3 rings (SSSR count). The van der Waals surface area contributed by atoms with Crippen LogP contribution in [0.5, 0.6) is 5.75 Å². The Balaban J connectivity index is 0.00000300. The van der Waals surface area contributed by atoms with Crippen LogP contribution in [0.3, 0.4) is 0 Å². The van der Waals surface area contributed by atoms with Gasteiger partial charge in [0.05, 0.1) is 13.1 Å². The fourth-order valence-corrected chi connectivity index (χ4v) is 3.72. The van der Waals surface area contributed by atoms with Gasteiger partial charge in [-0.2, -0.15) is 0 Å². The van der Waals surface area contributed by atoms with E-state index in [0.717, 1.165) is 63.8 Å². The Morgan fingerprint density at radius 1 is 1.07 bits per heavy atom. The molecule has 1 amide bonds. The average molecular weight is 515 g/mol. The molecule has 2 saturated heterocycles. The predicted molar refractivity (Wildman–Crippen MR) is 127 cm³/mol. The molecule has 0 spiro atoms. The van der Waals surface area contributed by atoms with E-state index in [1.54, 1.807) is 0 Å². The summed E-state index contributed by atoms with van der Waals surface area (Å²) in [7, 11) is 1.81. The van der Waals surface area contributed by atoms with Crippen molar-refractivity contribution < 1.29 is 9.53 Å². The number of para-hydroxylation sites is 1. The molecule has 1 aromatic carbocycles. The molecule has 0 aromatic heterocycles. The average Bonchev–Trinajstić information content (AvgIpc) is 3.25. The minimum Gasteiger partial charge on any atom is -0.489 e. The molecule has 1 aromatic rings. The Labute approximate surface area is 191 Å². The van der Waals surface area contributed by atoms with Crippen molar-refractivity contribution in [1.29, 1.82) is 0 Å². The fourth-order valence-electron chi connectivity index (χ4n) is 3.72. The number of amides is 1. The van der Waals surface area contributed by atoms with E-state index >= 15 is 0 Å². The van der Waals surface area contributed by atoms with Crippen molar-refractivity contribution in [2.75, 3.05) is 59.4 Å². The van der Waals surface area contributed by atoms with E-state index in [1.165, 1.54) is 0 Å². The van der Waals surface area contributed by atoms with Crippen molar-refractivity contribution in [3.8, 4) is 5.75 Å². The second kappa shape index (κ2) is 12.2. The number of likely N-dealkylation sites (tertiary alicyclic amines) is 1. The molecule has 2 aliphatic heterocycles. The highest BCUT2D eigenvalue weighted by Gasteiger charge is 2.24. The topological polar surface area (TPSA) is 60.4 Å². The van der Waals surface area contributed by atoms with Gasteiger partial charge < -0.3 is 19.9 Å². The number of carbonyl (C=O) groups is 1. The lowest BCUT2D eigenvalue weighted by atomic mass is 10.3. The second-order valence-corrected chi connectivity index (χ2v) is 7.52. The standard InChI is InChI=1S/C21H33N5O2.HI/c1-18(28-19-8-4-3-5-9-19)16-23-21(22-2)26-14-12-24(13-15-26)17-20(27)25-10-6-7-11-25;/h3-5,8-9,18H,6-7,10-17H2,1-2H3,(H,22,23);1H. The van der Waals surface area contributed by atoms with E-state index in [1.807, 2.05) is 42.3 Å². The zero-order valence-electron chi connectivity index (χ0n) is 17.5.